The summed E-state index contributed by atoms with van der Waals surface area (Å²) in [5.41, 5.74) is 9.99. The first-order valence-corrected chi connectivity index (χ1v) is 25.4. The van der Waals surface area contributed by atoms with Crippen molar-refractivity contribution in [2.75, 3.05) is 13.1 Å². The Labute approximate surface area is 370 Å². The van der Waals surface area contributed by atoms with Gasteiger partial charge in [0.15, 0.2) is 0 Å². The highest BCUT2D eigenvalue weighted by Gasteiger charge is 2.28. The molecule has 0 bridgehead atoms. The first-order valence-electron chi connectivity index (χ1n) is 22.5. The summed E-state index contributed by atoms with van der Waals surface area (Å²) in [6.07, 6.45) is 8.21. The number of nitrogens with one attached hydrogen (secondary N) is 2. The van der Waals surface area contributed by atoms with Crippen molar-refractivity contribution in [3.63, 3.8) is 0 Å². The molecule has 1 aliphatic carbocycles. The predicted octanol–water partition coefficient (Wildman–Crippen LogP) is 12.3. The summed E-state index contributed by atoms with van der Waals surface area (Å²) in [7, 11) is -8.30. The second-order valence-corrected chi connectivity index (χ2v) is 20.7. The van der Waals surface area contributed by atoms with E-state index in [2.05, 4.69) is 88.2 Å². The van der Waals surface area contributed by atoms with Gasteiger partial charge < -0.3 is 4.42 Å². The summed E-state index contributed by atoms with van der Waals surface area (Å²) in [4.78, 5) is 4.79. The Morgan fingerprint density at radius 1 is 0.629 bits per heavy atom. The molecule has 2 atom stereocenters. The Morgan fingerprint density at radius 2 is 1.26 bits per heavy atom. The quantitative estimate of drug-likeness (QED) is 0.0741. The summed E-state index contributed by atoms with van der Waals surface area (Å²) in [6.45, 7) is 17.2. The van der Waals surface area contributed by atoms with E-state index in [1.165, 1.54) is 28.8 Å². The van der Waals surface area contributed by atoms with E-state index in [4.69, 9.17) is 9.41 Å². The number of benzene rings is 5. The number of hydrogen-bond acceptors (Lipinski definition) is 6. The Kier molecular flexibility index (Phi) is 15.7. The van der Waals surface area contributed by atoms with Crippen molar-refractivity contribution >= 4 is 36.7 Å². The average molecular weight is 876 g/mol. The maximum atomic E-state index is 14.8. The summed E-state index contributed by atoms with van der Waals surface area (Å²) in [6, 6.07) is 28.9. The van der Waals surface area contributed by atoms with Crippen LogP contribution in [0.2, 0.25) is 0 Å². The largest absolute Gasteiger partial charge is 0.456 e. The second-order valence-electron chi connectivity index (χ2n) is 17.2. The molecule has 0 amide bonds. The topological polar surface area (TPSA) is 118 Å². The Bertz CT molecular complexity index is 2770. The molecule has 0 saturated carbocycles. The van der Waals surface area contributed by atoms with E-state index in [1.807, 2.05) is 49.4 Å². The number of fused-ring (bicyclic) bond motifs is 2. The van der Waals surface area contributed by atoms with Gasteiger partial charge in [0.05, 0.1) is 20.8 Å². The smallest absolute Gasteiger partial charge is 0.241 e. The average Bonchev–Trinajstić information content (AvgIpc) is 3.24. The molecule has 330 valence electrons. The molecular formula is C52H65N3O5S2. The highest BCUT2D eigenvalue weighted by atomic mass is 32.2. The molecule has 0 aromatic heterocycles. The van der Waals surface area contributed by atoms with E-state index < -0.39 is 20.0 Å². The van der Waals surface area contributed by atoms with Crippen LogP contribution in [0.1, 0.15) is 112 Å². The molecule has 62 heavy (non-hydrogen) atoms. The van der Waals surface area contributed by atoms with Crippen LogP contribution in [0.15, 0.2) is 110 Å². The van der Waals surface area contributed by atoms with Crippen molar-refractivity contribution in [3.05, 3.63) is 130 Å². The van der Waals surface area contributed by atoms with Gasteiger partial charge in [0.2, 0.25) is 20.0 Å². The standard InChI is InChI=1S/C52H65N3O5S2/c1-9-13-15-39(11-3)33-53-61(56,57)44-22-25-47(51(32-44)62(58,59)54-34-40(12-4)16-14-10-2)52-45-23-19-41(29-42-20-17-35(5)27-37(42)7)30-49(45)60-50-31-43(21-24-46(50)52)55-48-26-18-36(6)28-38(48)8/h17-28,30-32,39-40,53-54H,9-16,29,33-34H2,1-8H3. The highest BCUT2D eigenvalue weighted by molar-refractivity contribution is 7.90. The van der Waals surface area contributed by atoms with Gasteiger partial charge in [-0.2, -0.15) is 0 Å². The minimum atomic E-state index is -4.24. The first-order chi connectivity index (χ1) is 29.7. The van der Waals surface area contributed by atoms with Crippen LogP contribution in [0.25, 0.3) is 33.4 Å². The number of nitrogens with zero attached hydrogens (tertiary/aromatic N) is 1. The summed E-state index contributed by atoms with van der Waals surface area (Å²) in [5, 5.41) is 1.40. The normalized spacial score (nSPS) is 13.6. The zero-order valence-corrected chi connectivity index (χ0v) is 39.5. The van der Waals surface area contributed by atoms with Gasteiger partial charge in [-0.1, -0.05) is 126 Å². The van der Waals surface area contributed by atoms with Gasteiger partial charge in [-0.05, 0) is 117 Å². The van der Waals surface area contributed by atoms with E-state index >= 15 is 0 Å². The van der Waals surface area contributed by atoms with Crippen LogP contribution >= 0.6 is 0 Å². The molecule has 10 heteroatoms. The molecule has 0 fully saturated rings. The summed E-state index contributed by atoms with van der Waals surface area (Å²) in [5.74, 6) is 0.850. The minimum absolute atomic E-state index is 0.0930. The number of rotatable bonds is 20. The fourth-order valence-corrected chi connectivity index (χ4v) is 10.9. The van der Waals surface area contributed by atoms with Crippen LogP contribution in [0.3, 0.4) is 0 Å². The van der Waals surface area contributed by atoms with E-state index in [9.17, 15) is 16.8 Å². The lowest BCUT2D eigenvalue weighted by molar-refractivity contribution is 0.443. The van der Waals surface area contributed by atoms with Gasteiger partial charge in [0.1, 0.15) is 11.3 Å². The molecule has 1 aliphatic heterocycles. The van der Waals surface area contributed by atoms with Crippen molar-refractivity contribution in [1.29, 1.82) is 0 Å². The minimum Gasteiger partial charge on any atom is -0.456 e. The molecule has 2 N–H and O–H groups in total. The Morgan fingerprint density at radius 3 is 1.89 bits per heavy atom. The molecular weight excluding hydrogens is 811 g/mol. The number of sulfonamides is 2. The van der Waals surface area contributed by atoms with Crippen molar-refractivity contribution in [2.45, 2.75) is 123 Å². The summed E-state index contributed by atoms with van der Waals surface area (Å²) >= 11 is 0. The maximum Gasteiger partial charge on any atom is 0.241 e. The van der Waals surface area contributed by atoms with E-state index in [0.29, 0.717) is 45.2 Å². The summed E-state index contributed by atoms with van der Waals surface area (Å²) < 4.78 is 70.0. The van der Waals surface area contributed by atoms with Crippen LogP contribution in [-0.4, -0.2) is 29.9 Å². The fraction of sp³-hybridized carbons (Fsp3) is 0.404. The van der Waals surface area contributed by atoms with Crippen LogP contribution in [0, 0.1) is 39.5 Å². The molecule has 0 spiro atoms. The third-order valence-corrected chi connectivity index (χ3v) is 15.2. The Hall–Kier alpha value is -4.61. The van der Waals surface area contributed by atoms with Crippen molar-refractivity contribution < 1.29 is 21.3 Å². The molecule has 2 unspecified atom stereocenters. The zero-order valence-electron chi connectivity index (χ0n) is 37.9. The molecule has 8 nitrogen and oxygen atoms in total. The monoisotopic (exact) mass is 875 g/mol. The predicted molar refractivity (Wildman–Crippen MR) is 255 cm³/mol. The number of unbranched alkanes of at least 4 members (excludes halogenated alkanes) is 2. The first kappa shape index (κ1) is 46.9. The second kappa shape index (κ2) is 20.7. The van der Waals surface area contributed by atoms with Crippen molar-refractivity contribution in [3.8, 4) is 22.5 Å². The van der Waals surface area contributed by atoms with E-state index in [0.717, 1.165) is 73.7 Å². The highest BCUT2D eigenvalue weighted by Crippen LogP contribution is 2.43. The van der Waals surface area contributed by atoms with E-state index in [1.54, 1.807) is 6.07 Å². The molecule has 0 saturated heterocycles. The van der Waals surface area contributed by atoms with Crippen LogP contribution in [0.5, 0.6) is 0 Å². The van der Waals surface area contributed by atoms with E-state index in [-0.39, 0.29) is 34.7 Å². The maximum absolute atomic E-state index is 14.8. The molecule has 4 aromatic carbocycles. The molecule has 0 radical (unpaired) electrons. The molecule has 2 aliphatic rings. The third kappa shape index (κ3) is 11.3. The third-order valence-electron chi connectivity index (χ3n) is 12.3. The van der Waals surface area contributed by atoms with Crippen LogP contribution in [0.4, 0.5) is 5.69 Å². The van der Waals surface area contributed by atoms with Crippen molar-refractivity contribution in [1.82, 2.24) is 9.44 Å². The van der Waals surface area contributed by atoms with Gasteiger partial charge >= 0.3 is 0 Å². The lowest BCUT2D eigenvalue weighted by Gasteiger charge is -2.21. The lowest BCUT2D eigenvalue weighted by atomic mass is 9.92. The molecule has 4 aromatic rings. The molecule has 6 rings (SSSR count). The zero-order chi connectivity index (χ0) is 44.6. The fourth-order valence-electron chi connectivity index (χ4n) is 8.33. The van der Waals surface area contributed by atoms with Gasteiger partial charge in [-0.15, -0.1) is 0 Å². The van der Waals surface area contributed by atoms with Crippen LogP contribution < -0.4 is 14.8 Å². The van der Waals surface area contributed by atoms with Crippen LogP contribution in [-0.2, 0) is 26.5 Å². The Balaban J connectivity index is 1.57. The number of aryl methyl sites for hydroxylation is 4. The van der Waals surface area contributed by atoms with Gasteiger partial charge in [0, 0.05) is 41.2 Å². The van der Waals surface area contributed by atoms with Gasteiger partial charge in [-0.3, -0.25) is 0 Å². The molecule has 1 heterocycles. The van der Waals surface area contributed by atoms with Gasteiger partial charge in [-0.25, -0.2) is 31.3 Å². The van der Waals surface area contributed by atoms with Crippen molar-refractivity contribution in [2.24, 2.45) is 16.8 Å². The van der Waals surface area contributed by atoms with Gasteiger partial charge in [0.25, 0.3) is 0 Å². The SMILES string of the molecule is CCCCC(CC)CNS(=O)(=O)c1ccc(-c2c3ccc(=Nc4ccc(C)cc4C)cc-3oc3cc(Cc4ccc(C)cc4C)ccc23)c(S(=O)(=O)NCC(CC)CCCC)c1. The number of hydrogen-bond donors (Lipinski definition) is 2. The lowest BCUT2D eigenvalue weighted by Crippen LogP contribution is -2.31.